The first-order valence-electron chi connectivity index (χ1n) is 6.40. The maximum atomic E-state index is 6.34. The summed E-state index contributed by atoms with van der Waals surface area (Å²) in [6.45, 7) is 5.33. The van der Waals surface area contributed by atoms with Crippen molar-refractivity contribution in [2.24, 2.45) is 5.92 Å². The molecule has 0 amide bonds. The Bertz CT molecular complexity index is 453. The molecule has 1 saturated heterocycles. The normalized spacial score (nSPS) is 24.5. The smallest absolute Gasteiger partial charge is 0.139 e. The van der Waals surface area contributed by atoms with Gasteiger partial charge in [0.1, 0.15) is 5.75 Å². The molecule has 1 heterocycles. The molecule has 0 aliphatic carbocycles. The summed E-state index contributed by atoms with van der Waals surface area (Å²) in [6, 6.07) is 3.67. The van der Waals surface area contributed by atoms with Gasteiger partial charge in [-0.3, -0.25) is 0 Å². The van der Waals surface area contributed by atoms with Crippen molar-refractivity contribution in [2.45, 2.75) is 31.2 Å². The number of hydrogen-bond acceptors (Lipinski definition) is 2. The Morgan fingerprint density at radius 2 is 2.16 bits per heavy atom. The average molecular weight is 368 g/mol. The second kappa shape index (κ2) is 6.66. The predicted octanol–water partition coefficient (Wildman–Crippen LogP) is 5.25. The molecule has 3 atom stereocenters. The maximum absolute atomic E-state index is 6.34. The molecule has 0 spiro atoms. The van der Waals surface area contributed by atoms with E-state index in [0.29, 0.717) is 34.4 Å². The number of halogens is 3. The van der Waals surface area contributed by atoms with Gasteiger partial charge in [0.15, 0.2) is 0 Å². The van der Waals surface area contributed by atoms with Crippen LogP contribution in [0.25, 0.3) is 0 Å². The molecule has 0 saturated carbocycles. The molecule has 5 heteroatoms. The lowest BCUT2D eigenvalue weighted by atomic mass is 9.96. The SMILES string of the molecule is CCOc1cc(Cl)c(C(Br)C2COC(C)C2)cc1Cl. The zero-order chi connectivity index (χ0) is 14.0. The van der Waals surface area contributed by atoms with Gasteiger partial charge >= 0.3 is 0 Å². The van der Waals surface area contributed by atoms with Crippen molar-refractivity contribution in [3.63, 3.8) is 0 Å². The van der Waals surface area contributed by atoms with Crippen LogP contribution in [0.2, 0.25) is 10.0 Å². The molecule has 2 nitrogen and oxygen atoms in total. The summed E-state index contributed by atoms with van der Waals surface area (Å²) in [4.78, 5) is 0.151. The Balaban J connectivity index is 2.22. The van der Waals surface area contributed by atoms with Crippen LogP contribution in [0.1, 0.15) is 30.7 Å². The van der Waals surface area contributed by atoms with Gasteiger partial charge in [-0.25, -0.2) is 0 Å². The van der Waals surface area contributed by atoms with Crippen molar-refractivity contribution in [1.82, 2.24) is 0 Å². The van der Waals surface area contributed by atoms with Gasteiger partial charge in [-0.05, 0) is 31.9 Å². The second-order valence-electron chi connectivity index (χ2n) is 4.78. The van der Waals surface area contributed by atoms with Gasteiger partial charge < -0.3 is 9.47 Å². The molecule has 0 bridgehead atoms. The standard InChI is InChI=1S/C14H17BrCl2O2/c1-3-18-13-6-11(16)10(5-12(13)17)14(15)9-4-8(2)19-7-9/h5-6,8-9,14H,3-4,7H2,1-2H3. The Hall–Kier alpha value is 0.0400. The molecule has 0 N–H and O–H groups in total. The van der Waals surface area contributed by atoms with Crippen LogP contribution < -0.4 is 4.74 Å². The predicted molar refractivity (Wildman–Crippen MR) is 82.8 cm³/mol. The number of rotatable bonds is 4. The van der Waals surface area contributed by atoms with E-state index in [1.54, 1.807) is 6.07 Å². The van der Waals surface area contributed by atoms with Crippen molar-refractivity contribution in [1.29, 1.82) is 0 Å². The topological polar surface area (TPSA) is 18.5 Å². The summed E-state index contributed by atoms with van der Waals surface area (Å²) in [5, 5.41) is 1.27. The summed E-state index contributed by atoms with van der Waals surface area (Å²) in [5.74, 6) is 1.05. The van der Waals surface area contributed by atoms with Gasteiger partial charge in [0.25, 0.3) is 0 Å². The van der Waals surface area contributed by atoms with Crippen LogP contribution in [0, 0.1) is 5.92 Å². The first-order valence-corrected chi connectivity index (χ1v) is 8.07. The van der Waals surface area contributed by atoms with Crippen LogP contribution in [0.15, 0.2) is 12.1 Å². The van der Waals surface area contributed by atoms with E-state index in [1.165, 1.54) is 0 Å². The van der Waals surface area contributed by atoms with Crippen molar-refractivity contribution >= 4 is 39.1 Å². The monoisotopic (exact) mass is 366 g/mol. The van der Waals surface area contributed by atoms with Gasteiger partial charge in [0.05, 0.1) is 24.3 Å². The van der Waals surface area contributed by atoms with E-state index >= 15 is 0 Å². The zero-order valence-electron chi connectivity index (χ0n) is 11.0. The van der Waals surface area contributed by atoms with E-state index in [2.05, 4.69) is 22.9 Å². The van der Waals surface area contributed by atoms with Crippen LogP contribution in [0.4, 0.5) is 0 Å². The minimum Gasteiger partial charge on any atom is -0.492 e. The molecule has 1 aliphatic heterocycles. The summed E-state index contributed by atoms with van der Waals surface area (Å²) in [5.41, 5.74) is 0.998. The summed E-state index contributed by atoms with van der Waals surface area (Å²) < 4.78 is 11.0. The van der Waals surface area contributed by atoms with Gasteiger partial charge in [-0.2, -0.15) is 0 Å². The van der Waals surface area contributed by atoms with Crippen molar-refractivity contribution in [2.75, 3.05) is 13.2 Å². The van der Waals surface area contributed by atoms with Crippen molar-refractivity contribution in [3.8, 4) is 5.75 Å². The van der Waals surface area contributed by atoms with Gasteiger partial charge in [0, 0.05) is 21.8 Å². The Kier molecular flexibility index (Phi) is 5.41. The molecule has 3 unspecified atom stereocenters. The Morgan fingerprint density at radius 1 is 1.42 bits per heavy atom. The molecule has 1 fully saturated rings. The summed E-state index contributed by atoms with van der Waals surface area (Å²) in [7, 11) is 0. The molecule has 1 aromatic rings. The minimum absolute atomic E-state index is 0.151. The quantitative estimate of drug-likeness (QED) is 0.676. The lowest BCUT2D eigenvalue weighted by Crippen LogP contribution is -2.08. The first kappa shape index (κ1) is 15.4. The molecular weight excluding hydrogens is 351 g/mol. The van der Waals surface area contributed by atoms with E-state index < -0.39 is 0 Å². The molecular formula is C14H17BrCl2O2. The van der Waals surface area contributed by atoms with E-state index in [0.717, 1.165) is 18.6 Å². The van der Waals surface area contributed by atoms with Crippen LogP contribution in [-0.4, -0.2) is 19.3 Å². The lowest BCUT2D eigenvalue weighted by Gasteiger charge is -2.19. The third kappa shape index (κ3) is 3.57. The average Bonchev–Trinajstić information content (AvgIpc) is 2.79. The van der Waals surface area contributed by atoms with Gasteiger partial charge in [0.2, 0.25) is 0 Å². The summed E-state index contributed by atoms with van der Waals surface area (Å²) in [6.07, 6.45) is 1.33. The highest BCUT2D eigenvalue weighted by Gasteiger charge is 2.30. The molecule has 1 aliphatic rings. The molecule has 1 aromatic carbocycles. The fourth-order valence-corrected chi connectivity index (χ4v) is 3.71. The van der Waals surface area contributed by atoms with Crippen LogP contribution >= 0.6 is 39.1 Å². The van der Waals surface area contributed by atoms with Crippen molar-refractivity contribution < 1.29 is 9.47 Å². The third-order valence-corrected chi connectivity index (χ3v) is 5.16. The van der Waals surface area contributed by atoms with Gasteiger partial charge in [-0.1, -0.05) is 39.1 Å². The first-order chi connectivity index (χ1) is 9.02. The van der Waals surface area contributed by atoms with E-state index in [1.807, 2.05) is 13.0 Å². The minimum atomic E-state index is 0.151. The number of alkyl halides is 1. The maximum Gasteiger partial charge on any atom is 0.139 e. The van der Waals surface area contributed by atoms with Crippen molar-refractivity contribution in [3.05, 3.63) is 27.7 Å². The highest BCUT2D eigenvalue weighted by molar-refractivity contribution is 9.09. The van der Waals surface area contributed by atoms with E-state index in [9.17, 15) is 0 Å². The molecule has 2 rings (SSSR count). The van der Waals surface area contributed by atoms with E-state index in [4.69, 9.17) is 32.7 Å². The highest BCUT2D eigenvalue weighted by atomic mass is 79.9. The van der Waals surface area contributed by atoms with E-state index in [-0.39, 0.29) is 4.83 Å². The number of ether oxygens (including phenoxy) is 2. The number of hydrogen-bond donors (Lipinski definition) is 0. The third-order valence-electron chi connectivity index (χ3n) is 3.29. The largest absolute Gasteiger partial charge is 0.492 e. The lowest BCUT2D eigenvalue weighted by molar-refractivity contribution is 0.120. The fourth-order valence-electron chi connectivity index (χ4n) is 2.33. The van der Waals surface area contributed by atoms with Crippen LogP contribution in [-0.2, 0) is 4.74 Å². The molecule has 106 valence electrons. The summed E-state index contributed by atoms with van der Waals surface area (Å²) >= 11 is 16.3. The second-order valence-corrected chi connectivity index (χ2v) is 6.58. The molecule has 0 radical (unpaired) electrons. The fraction of sp³-hybridized carbons (Fsp3) is 0.571. The highest BCUT2D eigenvalue weighted by Crippen LogP contribution is 2.43. The number of benzene rings is 1. The molecule has 19 heavy (non-hydrogen) atoms. The zero-order valence-corrected chi connectivity index (χ0v) is 14.1. The van der Waals surface area contributed by atoms with Crippen LogP contribution in [0.3, 0.4) is 0 Å². The van der Waals surface area contributed by atoms with Gasteiger partial charge in [-0.15, -0.1) is 0 Å². The molecule has 0 aromatic heterocycles. The Labute approximate surface area is 132 Å². The van der Waals surface area contributed by atoms with Crippen LogP contribution in [0.5, 0.6) is 5.75 Å². The Morgan fingerprint density at radius 3 is 2.74 bits per heavy atom.